The molecule has 1 atom stereocenters. The van der Waals surface area contributed by atoms with Crippen LogP contribution >= 0.6 is 0 Å². The molecule has 4 amide bonds. The molecule has 3 aromatic rings. The van der Waals surface area contributed by atoms with Gasteiger partial charge in [0, 0.05) is 11.4 Å². The number of esters is 2. The zero-order valence-corrected chi connectivity index (χ0v) is 23.4. The van der Waals surface area contributed by atoms with Crippen LogP contribution in [0.3, 0.4) is 0 Å². The lowest BCUT2D eigenvalue weighted by atomic mass is 10.1. The normalized spacial score (nSPS) is 12.6. The maximum absolute atomic E-state index is 13.1. The molecule has 13 nitrogen and oxygen atoms in total. The number of anilines is 2. The number of nitrogens with zero attached hydrogens (tertiary/aromatic N) is 1. The fraction of sp³-hybridized carbons (Fsp3) is 0.200. The van der Waals surface area contributed by atoms with Gasteiger partial charge in [-0.1, -0.05) is 0 Å². The summed E-state index contributed by atoms with van der Waals surface area (Å²) in [6, 6.07) is 15.3. The number of rotatable bonds is 11. The summed E-state index contributed by atoms with van der Waals surface area (Å²) in [6.45, 7) is 0.0261. The summed E-state index contributed by atoms with van der Waals surface area (Å²) < 4.78 is 20.2. The van der Waals surface area contributed by atoms with Crippen LogP contribution in [0.1, 0.15) is 38.0 Å². The third-order valence-electron chi connectivity index (χ3n) is 6.31. The summed E-state index contributed by atoms with van der Waals surface area (Å²) in [5, 5.41) is 5.11. The minimum absolute atomic E-state index is 0.0318. The molecule has 0 saturated heterocycles. The first-order chi connectivity index (χ1) is 20.6. The van der Waals surface area contributed by atoms with Gasteiger partial charge in [-0.15, -0.1) is 0 Å². The fourth-order valence-electron chi connectivity index (χ4n) is 4.06. The van der Waals surface area contributed by atoms with Gasteiger partial charge in [-0.05, 0) is 73.7 Å². The second-order valence-corrected chi connectivity index (χ2v) is 9.15. The second kappa shape index (κ2) is 13.3. The highest BCUT2D eigenvalue weighted by Gasteiger charge is 2.42. The van der Waals surface area contributed by atoms with E-state index in [9.17, 15) is 28.8 Å². The summed E-state index contributed by atoms with van der Waals surface area (Å²) in [5.41, 5.74) is 0.677. The highest BCUT2D eigenvalue weighted by Crippen LogP contribution is 2.27. The van der Waals surface area contributed by atoms with Crippen molar-refractivity contribution < 1.29 is 47.7 Å². The SMILES string of the molecule is COc1ccc(NC(=O)COC(=O)c2ccc3c(c2)C(=O)N([C@H](C)C(=O)OCC(=O)Nc2ccc(OC)cc2)C3=O)cc1. The van der Waals surface area contributed by atoms with Crippen molar-refractivity contribution >= 4 is 46.9 Å². The Balaban J connectivity index is 1.31. The first-order valence-corrected chi connectivity index (χ1v) is 12.8. The number of methoxy groups -OCH3 is 2. The van der Waals surface area contributed by atoms with Crippen molar-refractivity contribution in [2.24, 2.45) is 0 Å². The largest absolute Gasteiger partial charge is 0.497 e. The van der Waals surface area contributed by atoms with Gasteiger partial charge in [0.05, 0.1) is 30.9 Å². The number of carbonyl (C=O) groups is 6. The summed E-state index contributed by atoms with van der Waals surface area (Å²) in [5.74, 6) is -3.52. The van der Waals surface area contributed by atoms with E-state index in [4.69, 9.17) is 18.9 Å². The van der Waals surface area contributed by atoms with Crippen molar-refractivity contribution in [1.29, 1.82) is 0 Å². The Kier molecular flexibility index (Phi) is 9.35. The predicted molar refractivity (Wildman–Crippen MR) is 151 cm³/mol. The smallest absolute Gasteiger partial charge is 0.338 e. The number of hydrogen-bond acceptors (Lipinski definition) is 10. The highest BCUT2D eigenvalue weighted by molar-refractivity contribution is 6.23. The average molecular weight is 590 g/mol. The summed E-state index contributed by atoms with van der Waals surface area (Å²) >= 11 is 0. The lowest BCUT2D eigenvalue weighted by Gasteiger charge is -2.20. The van der Waals surface area contributed by atoms with Crippen LogP contribution in [-0.4, -0.2) is 73.9 Å². The monoisotopic (exact) mass is 589 g/mol. The minimum Gasteiger partial charge on any atom is -0.497 e. The first kappa shape index (κ1) is 30.2. The quantitative estimate of drug-likeness (QED) is 0.251. The molecule has 0 aromatic heterocycles. The molecule has 3 aromatic carbocycles. The third kappa shape index (κ3) is 7.14. The molecule has 1 heterocycles. The Morgan fingerprint density at radius 2 is 1.19 bits per heavy atom. The molecule has 13 heteroatoms. The Labute approximate surface area is 245 Å². The van der Waals surface area contributed by atoms with E-state index < -0.39 is 54.8 Å². The van der Waals surface area contributed by atoms with Crippen molar-refractivity contribution in [3.63, 3.8) is 0 Å². The van der Waals surface area contributed by atoms with Gasteiger partial charge in [0.1, 0.15) is 17.5 Å². The average Bonchev–Trinajstić information content (AvgIpc) is 3.27. The summed E-state index contributed by atoms with van der Waals surface area (Å²) in [6.07, 6.45) is 0. The lowest BCUT2D eigenvalue weighted by molar-refractivity contribution is -0.150. The van der Waals surface area contributed by atoms with Gasteiger partial charge in [-0.2, -0.15) is 0 Å². The molecule has 0 unspecified atom stereocenters. The van der Waals surface area contributed by atoms with Gasteiger partial charge >= 0.3 is 11.9 Å². The second-order valence-electron chi connectivity index (χ2n) is 9.15. The Morgan fingerprint density at radius 3 is 1.70 bits per heavy atom. The molecule has 0 saturated carbocycles. The van der Waals surface area contributed by atoms with Crippen LogP contribution in [0, 0.1) is 0 Å². The molecular weight excluding hydrogens is 562 g/mol. The first-order valence-electron chi connectivity index (χ1n) is 12.8. The van der Waals surface area contributed by atoms with E-state index in [1.165, 1.54) is 33.3 Å². The Hall–Kier alpha value is -5.72. The molecule has 4 rings (SSSR count). The van der Waals surface area contributed by atoms with Crippen LogP contribution in [0.4, 0.5) is 11.4 Å². The van der Waals surface area contributed by atoms with Crippen LogP contribution in [0.5, 0.6) is 11.5 Å². The maximum atomic E-state index is 13.1. The van der Waals surface area contributed by atoms with E-state index in [-0.39, 0.29) is 16.7 Å². The Morgan fingerprint density at radius 1 is 0.698 bits per heavy atom. The number of amides is 4. The molecule has 2 N–H and O–H groups in total. The zero-order valence-electron chi connectivity index (χ0n) is 23.4. The van der Waals surface area contributed by atoms with Gasteiger partial charge in [0.15, 0.2) is 13.2 Å². The number of ether oxygens (including phenoxy) is 4. The van der Waals surface area contributed by atoms with Crippen LogP contribution in [0.2, 0.25) is 0 Å². The molecule has 0 radical (unpaired) electrons. The molecule has 0 fully saturated rings. The van der Waals surface area contributed by atoms with Gasteiger partial charge in [0.2, 0.25) is 0 Å². The molecule has 1 aliphatic rings. The van der Waals surface area contributed by atoms with E-state index in [0.29, 0.717) is 27.8 Å². The molecular formula is C30H27N3O10. The van der Waals surface area contributed by atoms with Gasteiger partial charge < -0.3 is 29.6 Å². The number of fused-ring (bicyclic) bond motifs is 1. The van der Waals surface area contributed by atoms with Crippen molar-refractivity contribution in [2.45, 2.75) is 13.0 Å². The third-order valence-corrected chi connectivity index (χ3v) is 6.31. The minimum atomic E-state index is -1.36. The number of hydrogen-bond donors (Lipinski definition) is 2. The van der Waals surface area contributed by atoms with Crippen molar-refractivity contribution in [2.75, 3.05) is 38.1 Å². The van der Waals surface area contributed by atoms with Crippen molar-refractivity contribution in [1.82, 2.24) is 4.90 Å². The number of nitrogens with one attached hydrogen (secondary N) is 2. The van der Waals surface area contributed by atoms with E-state index in [2.05, 4.69) is 10.6 Å². The Bertz CT molecular complexity index is 1570. The van der Waals surface area contributed by atoms with E-state index in [1.807, 2.05) is 0 Å². The van der Waals surface area contributed by atoms with E-state index in [0.717, 1.165) is 6.07 Å². The predicted octanol–water partition coefficient (Wildman–Crippen LogP) is 2.67. The van der Waals surface area contributed by atoms with Gasteiger partial charge in [0.25, 0.3) is 23.6 Å². The van der Waals surface area contributed by atoms with Crippen molar-refractivity contribution in [3.8, 4) is 11.5 Å². The summed E-state index contributed by atoms with van der Waals surface area (Å²) in [4.78, 5) is 76.2. The maximum Gasteiger partial charge on any atom is 0.338 e. The van der Waals surface area contributed by atoms with Crippen LogP contribution in [0.25, 0.3) is 0 Å². The van der Waals surface area contributed by atoms with E-state index in [1.54, 1.807) is 48.5 Å². The topological polar surface area (TPSA) is 167 Å². The van der Waals surface area contributed by atoms with Gasteiger partial charge in [-0.3, -0.25) is 24.1 Å². The fourth-order valence-corrected chi connectivity index (χ4v) is 4.06. The van der Waals surface area contributed by atoms with Crippen LogP contribution in [-0.2, 0) is 23.9 Å². The van der Waals surface area contributed by atoms with Crippen molar-refractivity contribution in [3.05, 3.63) is 83.4 Å². The molecule has 0 spiro atoms. The molecule has 1 aliphatic heterocycles. The molecule has 0 aliphatic carbocycles. The zero-order chi connectivity index (χ0) is 31.1. The number of carbonyl (C=O) groups excluding carboxylic acids is 6. The summed E-state index contributed by atoms with van der Waals surface area (Å²) in [7, 11) is 3.01. The molecule has 0 bridgehead atoms. The van der Waals surface area contributed by atoms with Crippen LogP contribution in [0.15, 0.2) is 66.7 Å². The number of imide groups is 1. The molecule has 43 heavy (non-hydrogen) atoms. The highest BCUT2D eigenvalue weighted by atomic mass is 16.5. The standard InChI is InChI=1S/C30H27N3O10/c1-17(29(38)42-15-25(34)31-19-5-9-21(40-2)10-6-19)33-27(36)23-13-4-18(14-24(23)28(33)37)30(39)43-16-26(35)32-20-7-11-22(41-3)12-8-20/h4-14,17H,15-16H2,1-3H3,(H,31,34)(H,32,35)/t17-/m1/s1. The van der Waals surface area contributed by atoms with Crippen LogP contribution < -0.4 is 20.1 Å². The van der Waals surface area contributed by atoms with Gasteiger partial charge in [-0.25, -0.2) is 9.59 Å². The number of benzene rings is 3. The lowest BCUT2D eigenvalue weighted by Crippen LogP contribution is -2.44. The molecule has 222 valence electrons. The van der Waals surface area contributed by atoms with E-state index >= 15 is 0 Å².